The number of rotatable bonds is 8. The molecule has 0 aliphatic heterocycles. The fraction of sp³-hybridized carbons (Fsp3) is 0.263. The first-order valence-electron chi connectivity index (χ1n) is 8.22. The van der Waals surface area contributed by atoms with Crippen LogP contribution in [0, 0.1) is 0 Å². The van der Waals surface area contributed by atoms with Gasteiger partial charge in [0.2, 0.25) is 11.8 Å². The maximum atomic E-state index is 12.6. The van der Waals surface area contributed by atoms with Gasteiger partial charge in [0.15, 0.2) is 0 Å². The monoisotopic (exact) mass is 396 g/mol. The van der Waals surface area contributed by atoms with Crippen molar-refractivity contribution in [2.24, 2.45) is 0 Å². The van der Waals surface area contributed by atoms with E-state index in [0.717, 1.165) is 17.7 Å². The number of carbonyl (C=O) groups is 2. The van der Waals surface area contributed by atoms with Gasteiger partial charge in [-0.25, -0.2) is 0 Å². The second kappa shape index (κ2) is 9.75. The Morgan fingerprint density at radius 1 is 1.00 bits per heavy atom. The summed E-state index contributed by atoms with van der Waals surface area (Å²) < 4.78 is 48.0. The number of amides is 2. The standard InChI is InChI=1S/C19H19F3N2O4/c1-27-16-7-2-4-13(8-16)10-23-17(25)11-28-12-18(26)24-15-6-3-5-14(9-15)19(20,21)22/h2-9H,10-12H2,1H3,(H,23,25)(H,24,26). The summed E-state index contributed by atoms with van der Waals surface area (Å²) in [4.78, 5) is 23.5. The average Bonchev–Trinajstić information content (AvgIpc) is 2.66. The molecule has 28 heavy (non-hydrogen) atoms. The summed E-state index contributed by atoms with van der Waals surface area (Å²) in [5.41, 5.74) is -0.0518. The lowest BCUT2D eigenvalue weighted by Gasteiger charge is -2.10. The van der Waals surface area contributed by atoms with Crippen molar-refractivity contribution in [3.63, 3.8) is 0 Å². The van der Waals surface area contributed by atoms with Crippen molar-refractivity contribution in [2.45, 2.75) is 12.7 Å². The minimum atomic E-state index is -4.50. The molecule has 0 unspecified atom stereocenters. The number of alkyl halides is 3. The van der Waals surface area contributed by atoms with Gasteiger partial charge in [-0.2, -0.15) is 13.2 Å². The van der Waals surface area contributed by atoms with Gasteiger partial charge >= 0.3 is 6.18 Å². The molecule has 150 valence electrons. The Balaban J connectivity index is 1.72. The van der Waals surface area contributed by atoms with E-state index in [4.69, 9.17) is 9.47 Å². The van der Waals surface area contributed by atoms with Gasteiger partial charge in [-0.15, -0.1) is 0 Å². The van der Waals surface area contributed by atoms with E-state index in [2.05, 4.69) is 10.6 Å². The molecule has 2 aromatic rings. The molecule has 0 saturated heterocycles. The minimum Gasteiger partial charge on any atom is -0.497 e. The van der Waals surface area contributed by atoms with Crippen LogP contribution in [-0.2, 0) is 27.0 Å². The zero-order valence-electron chi connectivity index (χ0n) is 15.0. The molecular weight excluding hydrogens is 377 g/mol. The minimum absolute atomic E-state index is 0.00842. The Labute approximate surface area is 159 Å². The summed E-state index contributed by atoms with van der Waals surface area (Å²) in [5.74, 6) is -0.441. The predicted octanol–water partition coefficient (Wildman–Crippen LogP) is 2.99. The van der Waals surface area contributed by atoms with Crippen LogP contribution in [0.2, 0.25) is 0 Å². The van der Waals surface area contributed by atoms with Crippen molar-refractivity contribution in [3.05, 3.63) is 59.7 Å². The molecule has 0 spiro atoms. The number of halogens is 3. The van der Waals surface area contributed by atoms with Gasteiger partial charge in [-0.3, -0.25) is 9.59 Å². The van der Waals surface area contributed by atoms with Crippen molar-refractivity contribution in [3.8, 4) is 5.75 Å². The fourth-order valence-electron chi connectivity index (χ4n) is 2.24. The van der Waals surface area contributed by atoms with Crippen molar-refractivity contribution < 1.29 is 32.2 Å². The number of nitrogens with one attached hydrogen (secondary N) is 2. The lowest BCUT2D eigenvalue weighted by molar-refractivity contribution is -0.137. The van der Waals surface area contributed by atoms with E-state index in [9.17, 15) is 22.8 Å². The predicted molar refractivity (Wildman–Crippen MR) is 95.7 cm³/mol. The maximum absolute atomic E-state index is 12.6. The number of ether oxygens (including phenoxy) is 2. The Morgan fingerprint density at radius 3 is 2.43 bits per heavy atom. The highest BCUT2D eigenvalue weighted by Crippen LogP contribution is 2.30. The Kier molecular flexibility index (Phi) is 7.39. The first-order chi connectivity index (χ1) is 13.3. The topological polar surface area (TPSA) is 76.7 Å². The van der Waals surface area contributed by atoms with E-state index in [0.29, 0.717) is 5.75 Å². The number of hydrogen-bond donors (Lipinski definition) is 2. The Hall–Kier alpha value is -3.07. The molecule has 0 fully saturated rings. The van der Waals surface area contributed by atoms with Gasteiger partial charge < -0.3 is 20.1 Å². The molecule has 2 amide bonds. The number of anilines is 1. The van der Waals surface area contributed by atoms with E-state index in [-0.39, 0.29) is 18.8 Å². The van der Waals surface area contributed by atoms with Crippen LogP contribution in [0.5, 0.6) is 5.75 Å². The summed E-state index contributed by atoms with van der Waals surface area (Å²) in [6.07, 6.45) is -4.50. The third-order valence-corrected chi connectivity index (χ3v) is 3.56. The lowest BCUT2D eigenvalue weighted by Crippen LogP contribution is -2.29. The van der Waals surface area contributed by atoms with Crippen LogP contribution >= 0.6 is 0 Å². The van der Waals surface area contributed by atoms with Crippen molar-refractivity contribution in [2.75, 3.05) is 25.6 Å². The van der Waals surface area contributed by atoms with E-state index in [1.807, 2.05) is 6.07 Å². The van der Waals surface area contributed by atoms with E-state index in [1.165, 1.54) is 19.2 Å². The molecule has 0 radical (unpaired) electrons. The lowest BCUT2D eigenvalue weighted by atomic mass is 10.2. The molecule has 2 N–H and O–H groups in total. The van der Waals surface area contributed by atoms with Gasteiger partial charge in [0.1, 0.15) is 19.0 Å². The Morgan fingerprint density at radius 2 is 1.71 bits per heavy atom. The highest BCUT2D eigenvalue weighted by Gasteiger charge is 2.30. The largest absolute Gasteiger partial charge is 0.497 e. The van der Waals surface area contributed by atoms with E-state index < -0.39 is 30.2 Å². The highest BCUT2D eigenvalue weighted by molar-refractivity contribution is 5.92. The summed E-state index contributed by atoms with van der Waals surface area (Å²) in [6, 6.07) is 11.4. The summed E-state index contributed by atoms with van der Waals surface area (Å²) in [5, 5.41) is 4.91. The van der Waals surface area contributed by atoms with Crippen LogP contribution in [0.4, 0.5) is 18.9 Å². The summed E-state index contributed by atoms with van der Waals surface area (Å²) >= 11 is 0. The van der Waals surface area contributed by atoms with Crippen molar-refractivity contribution in [1.82, 2.24) is 5.32 Å². The van der Waals surface area contributed by atoms with Crippen LogP contribution in [0.15, 0.2) is 48.5 Å². The molecule has 2 rings (SSSR count). The zero-order chi connectivity index (χ0) is 20.6. The second-order valence-corrected chi connectivity index (χ2v) is 5.75. The number of hydrogen-bond acceptors (Lipinski definition) is 4. The van der Waals surface area contributed by atoms with Gasteiger partial charge in [0.25, 0.3) is 0 Å². The molecule has 2 aromatic carbocycles. The quantitative estimate of drug-likeness (QED) is 0.719. The maximum Gasteiger partial charge on any atom is 0.416 e. The highest BCUT2D eigenvalue weighted by atomic mass is 19.4. The molecule has 0 bridgehead atoms. The first kappa shape index (κ1) is 21.2. The molecule has 0 saturated carbocycles. The van der Waals surface area contributed by atoms with Crippen LogP contribution in [0.3, 0.4) is 0 Å². The number of carbonyl (C=O) groups excluding carboxylic acids is 2. The SMILES string of the molecule is COc1cccc(CNC(=O)COCC(=O)Nc2cccc(C(F)(F)F)c2)c1. The molecule has 0 aliphatic rings. The fourth-order valence-corrected chi connectivity index (χ4v) is 2.24. The van der Waals surface area contributed by atoms with Crippen LogP contribution < -0.4 is 15.4 Å². The van der Waals surface area contributed by atoms with E-state index in [1.54, 1.807) is 18.2 Å². The molecule has 0 aliphatic carbocycles. The van der Waals surface area contributed by atoms with Crippen LogP contribution in [0.1, 0.15) is 11.1 Å². The number of benzene rings is 2. The molecule has 9 heteroatoms. The normalized spacial score (nSPS) is 11.0. The Bertz CT molecular complexity index is 825. The molecule has 0 atom stereocenters. The van der Waals surface area contributed by atoms with Gasteiger partial charge in [0, 0.05) is 12.2 Å². The molecule has 6 nitrogen and oxygen atoms in total. The molecule has 0 heterocycles. The third-order valence-electron chi connectivity index (χ3n) is 3.56. The van der Waals surface area contributed by atoms with E-state index >= 15 is 0 Å². The molecule has 0 aromatic heterocycles. The number of methoxy groups -OCH3 is 1. The van der Waals surface area contributed by atoms with Gasteiger partial charge in [-0.1, -0.05) is 18.2 Å². The first-order valence-corrected chi connectivity index (χ1v) is 8.22. The van der Waals surface area contributed by atoms with Crippen molar-refractivity contribution >= 4 is 17.5 Å². The zero-order valence-corrected chi connectivity index (χ0v) is 15.0. The van der Waals surface area contributed by atoms with Crippen molar-refractivity contribution in [1.29, 1.82) is 0 Å². The smallest absolute Gasteiger partial charge is 0.416 e. The third kappa shape index (κ3) is 6.92. The molecular formula is C19H19F3N2O4. The summed E-state index contributed by atoms with van der Waals surface area (Å²) in [6.45, 7) is -0.571. The van der Waals surface area contributed by atoms with Crippen LogP contribution in [0.25, 0.3) is 0 Å². The average molecular weight is 396 g/mol. The van der Waals surface area contributed by atoms with Gasteiger partial charge in [-0.05, 0) is 35.9 Å². The second-order valence-electron chi connectivity index (χ2n) is 5.75. The van der Waals surface area contributed by atoms with Crippen LogP contribution in [-0.4, -0.2) is 32.1 Å². The van der Waals surface area contributed by atoms with Gasteiger partial charge in [0.05, 0.1) is 12.7 Å². The summed E-state index contributed by atoms with van der Waals surface area (Å²) in [7, 11) is 1.54.